The molecule has 8 nitrogen and oxygen atoms in total. The number of fused-ring (bicyclic) bond motifs is 1. The Labute approximate surface area is 187 Å². The topological polar surface area (TPSA) is 84.6 Å². The number of nitrogens with one attached hydrogen (secondary N) is 2. The average molecular weight is 461 g/mol. The Hall–Kier alpha value is -3.47. The predicted molar refractivity (Wildman–Crippen MR) is 114 cm³/mol. The summed E-state index contributed by atoms with van der Waals surface area (Å²) in [6.07, 6.45) is -3.42. The molecule has 5 rings (SSSR count). The summed E-state index contributed by atoms with van der Waals surface area (Å²) in [6.45, 7) is 2.52. The molecule has 1 aromatic carbocycles. The maximum atomic E-state index is 13.8. The SMILES string of the molecule is O=C(Nc1ccccc1N1CCOCC1)c1cc2n(n1)[C@H](C(F)(F)F)C[C@H](c1ccco1)N2. The molecule has 1 saturated heterocycles. The van der Waals surface area contributed by atoms with Crippen LogP contribution in [0.2, 0.25) is 0 Å². The second-order valence-electron chi connectivity index (χ2n) is 7.94. The van der Waals surface area contributed by atoms with Crippen LogP contribution >= 0.6 is 0 Å². The minimum atomic E-state index is -4.54. The molecule has 0 aliphatic carbocycles. The zero-order valence-electron chi connectivity index (χ0n) is 17.5. The van der Waals surface area contributed by atoms with Crippen molar-refractivity contribution in [1.82, 2.24) is 9.78 Å². The molecular formula is C22H22F3N5O3. The molecule has 1 amide bonds. The number of hydrogen-bond donors (Lipinski definition) is 2. The third kappa shape index (κ3) is 4.28. The zero-order chi connectivity index (χ0) is 23.0. The van der Waals surface area contributed by atoms with Crippen molar-refractivity contribution in [2.75, 3.05) is 41.8 Å². The van der Waals surface area contributed by atoms with E-state index < -0.39 is 24.2 Å². The molecule has 0 unspecified atom stereocenters. The van der Waals surface area contributed by atoms with Crippen LogP contribution in [-0.4, -0.2) is 48.2 Å². The van der Waals surface area contributed by atoms with E-state index in [1.807, 2.05) is 12.1 Å². The monoisotopic (exact) mass is 461 g/mol. The highest BCUT2D eigenvalue weighted by atomic mass is 19.4. The second-order valence-corrected chi connectivity index (χ2v) is 7.94. The first kappa shape index (κ1) is 21.4. The molecule has 11 heteroatoms. The summed E-state index contributed by atoms with van der Waals surface area (Å²) in [7, 11) is 0. The van der Waals surface area contributed by atoms with Crippen molar-refractivity contribution in [2.45, 2.75) is 24.7 Å². The summed E-state index contributed by atoms with van der Waals surface area (Å²) in [5, 5.41) is 9.82. The van der Waals surface area contributed by atoms with E-state index in [4.69, 9.17) is 9.15 Å². The molecule has 0 bridgehead atoms. The first-order valence-corrected chi connectivity index (χ1v) is 10.6. The fourth-order valence-electron chi connectivity index (χ4n) is 4.21. The van der Waals surface area contributed by atoms with E-state index in [-0.39, 0.29) is 17.9 Å². The van der Waals surface area contributed by atoms with Gasteiger partial charge in [-0.15, -0.1) is 0 Å². The van der Waals surface area contributed by atoms with Crippen molar-refractivity contribution in [2.24, 2.45) is 0 Å². The van der Waals surface area contributed by atoms with E-state index in [1.54, 1.807) is 24.3 Å². The number of para-hydroxylation sites is 2. The smallest absolute Gasteiger partial charge is 0.410 e. The number of morpholine rings is 1. The molecule has 1 fully saturated rings. The minimum Gasteiger partial charge on any atom is -0.467 e. The van der Waals surface area contributed by atoms with Gasteiger partial charge in [0.05, 0.1) is 36.9 Å². The summed E-state index contributed by atoms with van der Waals surface area (Å²) < 4.78 is 53.0. The number of benzene rings is 1. The number of halogens is 3. The summed E-state index contributed by atoms with van der Waals surface area (Å²) in [5.41, 5.74) is 1.27. The highest BCUT2D eigenvalue weighted by molar-refractivity contribution is 6.05. The number of hydrogen-bond acceptors (Lipinski definition) is 6. The van der Waals surface area contributed by atoms with E-state index in [9.17, 15) is 18.0 Å². The number of furan rings is 1. The second kappa shape index (κ2) is 8.47. The molecule has 3 aromatic rings. The number of amides is 1. The van der Waals surface area contributed by atoms with E-state index >= 15 is 0 Å². The van der Waals surface area contributed by atoms with Crippen molar-refractivity contribution in [3.05, 3.63) is 60.2 Å². The first-order chi connectivity index (χ1) is 15.9. The van der Waals surface area contributed by atoms with Gasteiger partial charge in [0.15, 0.2) is 11.7 Å². The van der Waals surface area contributed by atoms with E-state index in [2.05, 4.69) is 20.6 Å². The van der Waals surface area contributed by atoms with Gasteiger partial charge in [-0.2, -0.15) is 18.3 Å². The Bertz CT molecular complexity index is 1120. The number of nitrogens with zero attached hydrogens (tertiary/aromatic N) is 3. The summed E-state index contributed by atoms with van der Waals surface area (Å²) in [4.78, 5) is 15.1. The lowest BCUT2D eigenvalue weighted by Gasteiger charge is -2.32. The molecule has 2 N–H and O–H groups in total. The van der Waals surface area contributed by atoms with Crippen LogP contribution in [0.3, 0.4) is 0 Å². The molecule has 33 heavy (non-hydrogen) atoms. The van der Waals surface area contributed by atoms with Gasteiger partial charge in [-0.05, 0) is 24.3 Å². The minimum absolute atomic E-state index is 0.108. The molecule has 4 heterocycles. The maximum absolute atomic E-state index is 13.8. The maximum Gasteiger partial charge on any atom is 0.410 e. The van der Waals surface area contributed by atoms with Crippen LogP contribution < -0.4 is 15.5 Å². The molecule has 0 spiro atoms. The molecule has 2 aliphatic rings. The molecule has 2 atom stereocenters. The van der Waals surface area contributed by atoms with Crippen molar-refractivity contribution >= 4 is 23.1 Å². The van der Waals surface area contributed by atoms with Gasteiger partial charge in [0, 0.05) is 25.6 Å². The summed E-state index contributed by atoms with van der Waals surface area (Å²) in [5.74, 6) is -0.0892. The van der Waals surface area contributed by atoms with Gasteiger partial charge in [-0.3, -0.25) is 4.79 Å². The van der Waals surface area contributed by atoms with Crippen molar-refractivity contribution in [1.29, 1.82) is 0 Å². The number of ether oxygens (including phenoxy) is 1. The van der Waals surface area contributed by atoms with Crippen molar-refractivity contribution in [3.63, 3.8) is 0 Å². The lowest BCUT2D eigenvalue weighted by Crippen LogP contribution is -2.36. The Morgan fingerprint density at radius 3 is 2.67 bits per heavy atom. The van der Waals surface area contributed by atoms with Crippen LogP contribution in [0.25, 0.3) is 0 Å². The van der Waals surface area contributed by atoms with E-state index in [0.717, 1.165) is 10.4 Å². The predicted octanol–water partition coefficient (Wildman–Crippen LogP) is 4.23. The standard InChI is InChI=1S/C22H22F3N5O3/c23-22(24,25)19-12-15(18-6-3-9-33-18)26-20-13-16(28-30(19)20)21(31)27-14-4-1-2-5-17(14)29-7-10-32-11-8-29/h1-6,9,13,15,19,26H,7-8,10-12H2,(H,27,31)/t15-,19+/m1/s1. The Balaban J connectivity index is 1.41. The molecular weight excluding hydrogens is 439 g/mol. The fourth-order valence-corrected chi connectivity index (χ4v) is 4.21. The highest BCUT2D eigenvalue weighted by Gasteiger charge is 2.47. The summed E-state index contributed by atoms with van der Waals surface area (Å²) >= 11 is 0. The van der Waals surface area contributed by atoms with E-state index in [1.165, 1.54) is 12.3 Å². The van der Waals surface area contributed by atoms with E-state index in [0.29, 0.717) is 37.8 Å². The summed E-state index contributed by atoms with van der Waals surface area (Å²) in [6, 6.07) is 9.29. The van der Waals surface area contributed by atoms with Crippen LogP contribution in [-0.2, 0) is 4.74 Å². The Kier molecular flexibility index (Phi) is 5.49. The Morgan fingerprint density at radius 1 is 1.15 bits per heavy atom. The lowest BCUT2D eigenvalue weighted by molar-refractivity contribution is -0.174. The van der Waals surface area contributed by atoms with Gasteiger partial charge in [0.25, 0.3) is 5.91 Å². The van der Waals surface area contributed by atoms with Gasteiger partial charge in [0.1, 0.15) is 11.6 Å². The first-order valence-electron chi connectivity index (χ1n) is 10.6. The highest BCUT2D eigenvalue weighted by Crippen LogP contribution is 2.43. The van der Waals surface area contributed by atoms with Gasteiger partial charge in [-0.1, -0.05) is 12.1 Å². The molecule has 0 radical (unpaired) electrons. The van der Waals surface area contributed by atoms with Crippen LogP contribution in [0.4, 0.5) is 30.4 Å². The molecule has 0 saturated carbocycles. The lowest BCUT2D eigenvalue weighted by atomic mass is 10.0. The number of alkyl halides is 3. The Morgan fingerprint density at radius 2 is 1.94 bits per heavy atom. The average Bonchev–Trinajstić information content (AvgIpc) is 3.49. The number of rotatable bonds is 4. The molecule has 174 valence electrons. The number of carbonyl (C=O) groups excluding carboxylic acids is 1. The van der Waals surface area contributed by atoms with Crippen LogP contribution in [0.15, 0.2) is 53.1 Å². The molecule has 2 aliphatic heterocycles. The van der Waals surface area contributed by atoms with Gasteiger partial charge < -0.3 is 24.7 Å². The van der Waals surface area contributed by atoms with Gasteiger partial charge in [0.2, 0.25) is 0 Å². The quantitative estimate of drug-likeness (QED) is 0.605. The number of anilines is 3. The van der Waals surface area contributed by atoms with Crippen LogP contribution in [0.5, 0.6) is 0 Å². The normalized spacial score (nSPS) is 20.8. The largest absolute Gasteiger partial charge is 0.467 e. The fraction of sp³-hybridized carbons (Fsp3) is 0.364. The van der Waals surface area contributed by atoms with Gasteiger partial charge >= 0.3 is 6.18 Å². The van der Waals surface area contributed by atoms with Gasteiger partial charge in [-0.25, -0.2) is 4.68 Å². The number of aromatic nitrogens is 2. The number of carbonyl (C=O) groups is 1. The third-order valence-electron chi connectivity index (χ3n) is 5.81. The van der Waals surface area contributed by atoms with Crippen LogP contribution in [0, 0.1) is 0 Å². The van der Waals surface area contributed by atoms with Crippen molar-refractivity contribution < 1.29 is 27.1 Å². The molecule has 2 aromatic heterocycles. The van der Waals surface area contributed by atoms with Crippen LogP contribution in [0.1, 0.15) is 34.8 Å². The zero-order valence-corrected chi connectivity index (χ0v) is 17.5. The van der Waals surface area contributed by atoms with Crippen molar-refractivity contribution in [3.8, 4) is 0 Å². The third-order valence-corrected chi connectivity index (χ3v) is 5.81.